The van der Waals surface area contributed by atoms with E-state index in [2.05, 4.69) is 0 Å². The highest BCUT2D eigenvalue weighted by molar-refractivity contribution is 5.82. The molecule has 3 rings (SSSR count). The molecule has 1 N–H and O–H groups in total. The summed E-state index contributed by atoms with van der Waals surface area (Å²) in [5, 5.41) is 10.5. The fourth-order valence-electron chi connectivity index (χ4n) is 3.01. The first-order valence-corrected chi connectivity index (χ1v) is 8.35. The molecule has 144 valence electrons. The zero-order chi connectivity index (χ0) is 19.6. The zero-order valence-corrected chi connectivity index (χ0v) is 14.5. The number of fused-ring (bicyclic) bond motifs is 1. The summed E-state index contributed by atoms with van der Waals surface area (Å²) >= 11 is 0. The second kappa shape index (κ2) is 7.48. The second-order valence-electron chi connectivity index (χ2n) is 6.26. The van der Waals surface area contributed by atoms with Crippen LogP contribution in [-0.2, 0) is 19.5 Å². The van der Waals surface area contributed by atoms with E-state index in [1.807, 2.05) is 6.92 Å². The van der Waals surface area contributed by atoms with Crippen LogP contribution in [0.25, 0.3) is 11.0 Å². The van der Waals surface area contributed by atoms with Crippen molar-refractivity contribution in [2.75, 3.05) is 6.54 Å². The standard InChI is InChI=1S/C19H18F3NO4/c1-2-12-6-15-13(7-18(25)27-17(15)8-16(12)24)9-23(11-19(20,21)22)10-14-4-3-5-26-14/h3-8,24H,2,9-11H2,1H3. The van der Waals surface area contributed by atoms with E-state index < -0.39 is 18.3 Å². The Kier molecular flexibility index (Phi) is 5.27. The molecule has 0 saturated carbocycles. The van der Waals surface area contributed by atoms with Gasteiger partial charge in [-0.2, -0.15) is 13.2 Å². The minimum absolute atomic E-state index is 0.0203. The van der Waals surface area contributed by atoms with Gasteiger partial charge in [0.25, 0.3) is 0 Å². The Morgan fingerprint density at radius 2 is 1.93 bits per heavy atom. The van der Waals surface area contributed by atoms with Crippen LogP contribution >= 0.6 is 0 Å². The third kappa shape index (κ3) is 4.71. The molecular formula is C19H18F3NO4. The Morgan fingerprint density at radius 1 is 1.15 bits per heavy atom. The quantitative estimate of drug-likeness (QED) is 0.648. The molecule has 0 amide bonds. The summed E-state index contributed by atoms with van der Waals surface area (Å²) in [6.07, 6.45) is -2.49. The number of halogens is 3. The Labute approximate surface area is 152 Å². The summed E-state index contributed by atoms with van der Waals surface area (Å²) in [5.74, 6) is 0.367. The fourth-order valence-corrected chi connectivity index (χ4v) is 3.01. The highest BCUT2D eigenvalue weighted by Crippen LogP contribution is 2.28. The van der Waals surface area contributed by atoms with Gasteiger partial charge in [0.05, 0.1) is 19.4 Å². The molecule has 5 nitrogen and oxygen atoms in total. The topological polar surface area (TPSA) is 66.8 Å². The van der Waals surface area contributed by atoms with Crippen molar-refractivity contribution in [1.82, 2.24) is 4.90 Å². The van der Waals surface area contributed by atoms with Crippen molar-refractivity contribution in [3.63, 3.8) is 0 Å². The number of benzene rings is 1. The van der Waals surface area contributed by atoms with Crippen molar-refractivity contribution in [3.8, 4) is 5.75 Å². The molecule has 3 aromatic rings. The Hall–Kier alpha value is -2.74. The highest BCUT2D eigenvalue weighted by Gasteiger charge is 2.31. The lowest BCUT2D eigenvalue weighted by Crippen LogP contribution is -2.33. The van der Waals surface area contributed by atoms with Gasteiger partial charge in [0.2, 0.25) is 0 Å². The maximum absolute atomic E-state index is 13.0. The average Bonchev–Trinajstić information content (AvgIpc) is 3.05. The van der Waals surface area contributed by atoms with Gasteiger partial charge in [0, 0.05) is 24.1 Å². The van der Waals surface area contributed by atoms with Gasteiger partial charge in [0.15, 0.2) is 0 Å². The van der Waals surface area contributed by atoms with Gasteiger partial charge in [-0.25, -0.2) is 4.79 Å². The van der Waals surface area contributed by atoms with Crippen LogP contribution in [-0.4, -0.2) is 22.7 Å². The average molecular weight is 381 g/mol. The van der Waals surface area contributed by atoms with E-state index in [0.717, 1.165) is 4.90 Å². The molecule has 1 aromatic carbocycles. The maximum atomic E-state index is 13.0. The summed E-state index contributed by atoms with van der Waals surface area (Å²) in [7, 11) is 0. The first-order valence-electron chi connectivity index (χ1n) is 8.35. The van der Waals surface area contributed by atoms with Crippen LogP contribution in [0.15, 0.2) is 50.2 Å². The van der Waals surface area contributed by atoms with Crippen molar-refractivity contribution in [1.29, 1.82) is 0 Å². The van der Waals surface area contributed by atoms with Gasteiger partial charge in [-0.1, -0.05) is 6.92 Å². The molecule has 0 fully saturated rings. The van der Waals surface area contributed by atoms with Crippen molar-refractivity contribution in [2.24, 2.45) is 0 Å². The molecule has 0 radical (unpaired) electrons. The van der Waals surface area contributed by atoms with Gasteiger partial charge in [-0.3, -0.25) is 4.90 Å². The van der Waals surface area contributed by atoms with Crippen LogP contribution in [0.5, 0.6) is 5.75 Å². The van der Waals surface area contributed by atoms with Gasteiger partial charge in [-0.15, -0.1) is 0 Å². The number of rotatable bonds is 6. The molecule has 27 heavy (non-hydrogen) atoms. The van der Waals surface area contributed by atoms with Gasteiger partial charge < -0.3 is 13.9 Å². The van der Waals surface area contributed by atoms with E-state index in [0.29, 0.717) is 28.7 Å². The van der Waals surface area contributed by atoms with Crippen LogP contribution in [0.4, 0.5) is 13.2 Å². The molecule has 2 heterocycles. The van der Waals surface area contributed by atoms with Crippen LogP contribution < -0.4 is 5.63 Å². The molecule has 0 aliphatic carbocycles. The molecule has 0 bridgehead atoms. The number of hydrogen-bond acceptors (Lipinski definition) is 5. The van der Waals surface area contributed by atoms with Crippen LogP contribution in [0.1, 0.15) is 23.8 Å². The van der Waals surface area contributed by atoms with E-state index in [1.54, 1.807) is 18.2 Å². The molecule has 2 aromatic heterocycles. The number of furan rings is 1. The van der Waals surface area contributed by atoms with Crippen molar-refractivity contribution < 1.29 is 27.1 Å². The largest absolute Gasteiger partial charge is 0.508 e. The van der Waals surface area contributed by atoms with E-state index in [4.69, 9.17) is 8.83 Å². The molecule has 0 aliphatic heterocycles. The van der Waals surface area contributed by atoms with E-state index in [1.165, 1.54) is 18.4 Å². The minimum atomic E-state index is -4.41. The zero-order valence-electron chi connectivity index (χ0n) is 14.5. The predicted octanol–water partition coefficient (Wildman–Crippen LogP) is 4.22. The van der Waals surface area contributed by atoms with Gasteiger partial charge >= 0.3 is 11.8 Å². The van der Waals surface area contributed by atoms with E-state index in [-0.39, 0.29) is 24.4 Å². The van der Waals surface area contributed by atoms with Gasteiger partial charge in [0.1, 0.15) is 17.1 Å². The first kappa shape index (κ1) is 19.0. The van der Waals surface area contributed by atoms with Crippen LogP contribution in [0.2, 0.25) is 0 Å². The summed E-state index contributed by atoms with van der Waals surface area (Å²) in [6.45, 7) is 0.490. The minimum Gasteiger partial charge on any atom is -0.508 e. The van der Waals surface area contributed by atoms with Crippen LogP contribution in [0, 0.1) is 0 Å². The lowest BCUT2D eigenvalue weighted by Gasteiger charge is -2.23. The summed E-state index contributed by atoms with van der Waals surface area (Å²) in [4.78, 5) is 13.0. The third-order valence-electron chi connectivity index (χ3n) is 4.17. The number of phenols is 1. The van der Waals surface area contributed by atoms with Crippen LogP contribution in [0.3, 0.4) is 0 Å². The number of aryl methyl sites for hydroxylation is 1. The summed E-state index contributed by atoms with van der Waals surface area (Å²) in [6, 6.07) is 7.34. The molecule has 8 heteroatoms. The molecular weight excluding hydrogens is 363 g/mol. The van der Waals surface area contributed by atoms with Crippen molar-refractivity contribution in [2.45, 2.75) is 32.6 Å². The molecule has 0 spiro atoms. The van der Waals surface area contributed by atoms with E-state index >= 15 is 0 Å². The lowest BCUT2D eigenvalue weighted by atomic mass is 10.0. The number of nitrogens with zero attached hydrogens (tertiary/aromatic N) is 1. The Morgan fingerprint density at radius 3 is 2.56 bits per heavy atom. The summed E-state index contributed by atoms with van der Waals surface area (Å²) < 4.78 is 49.3. The van der Waals surface area contributed by atoms with Gasteiger partial charge in [-0.05, 0) is 35.7 Å². The molecule has 0 aliphatic rings. The number of aromatic hydroxyl groups is 1. The van der Waals surface area contributed by atoms with E-state index in [9.17, 15) is 23.1 Å². The maximum Gasteiger partial charge on any atom is 0.401 e. The highest BCUT2D eigenvalue weighted by atomic mass is 19.4. The SMILES string of the molecule is CCc1cc2c(CN(Cc3ccco3)CC(F)(F)F)cc(=O)oc2cc1O. The second-order valence-corrected chi connectivity index (χ2v) is 6.26. The number of phenolic OH excluding ortho intramolecular Hbond substituents is 1. The molecule has 0 saturated heterocycles. The number of hydrogen-bond donors (Lipinski definition) is 1. The Balaban J connectivity index is 2.01. The van der Waals surface area contributed by atoms with Crippen molar-refractivity contribution >= 4 is 11.0 Å². The summed E-state index contributed by atoms with van der Waals surface area (Å²) in [5.41, 5.74) is 0.459. The molecule has 0 unspecified atom stereocenters. The number of alkyl halides is 3. The smallest absolute Gasteiger partial charge is 0.401 e. The predicted molar refractivity (Wildman–Crippen MR) is 92.4 cm³/mol. The van der Waals surface area contributed by atoms with Crippen molar-refractivity contribution in [3.05, 3.63) is 63.9 Å². The fraction of sp³-hybridized carbons (Fsp3) is 0.316. The molecule has 0 atom stereocenters. The third-order valence-corrected chi connectivity index (χ3v) is 4.17. The Bertz CT molecular complexity index is 977. The first-order chi connectivity index (χ1) is 12.7. The monoisotopic (exact) mass is 381 g/mol. The normalized spacial score (nSPS) is 12.2. The lowest BCUT2D eigenvalue weighted by molar-refractivity contribution is -0.148.